The SMILES string of the molecule is COC(=O)c1ccc(C(=O)Cc2cccs2)c(C)c1. The van der Waals surface area contributed by atoms with E-state index in [0.29, 0.717) is 17.5 Å². The summed E-state index contributed by atoms with van der Waals surface area (Å²) in [6, 6.07) is 8.88. The molecule has 1 aromatic heterocycles. The van der Waals surface area contributed by atoms with Crippen LogP contribution in [-0.2, 0) is 11.2 Å². The van der Waals surface area contributed by atoms with Gasteiger partial charge in [0.15, 0.2) is 5.78 Å². The second kappa shape index (κ2) is 5.80. The third-order valence-electron chi connectivity index (χ3n) is 2.86. The number of carbonyl (C=O) groups is 2. The second-order valence-electron chi connectivity index (χ2n) is 4.20. The van der Waals surface area contributed by atoms with E-state index in [1.165, 1.54) is 7.11 Å². The van der Waals surface area contributed by atoms with E-state index >= 15 is 0 Å². The first-order chi connectivity index (χ1) is 9.11. The molecule has 0 atom stereocenters. The summed E-state index contributed by atoms with van der Waals surface area (Å²) in [5.41, 5.74) is 1.91. The molecule has 0 aliphatic carbocycles. The van der Waals surface area contributed by atoms with E-state index in [1.54, 1.807) is 29.5 Å². The number of ether oxygens (including phenoxy) is 1. The number of esters is 1. The quantitative estimate of drug-likeness (QED) is 0.635. The van der Waals surface area contributed by atoms with Crippen LogP contribution in [0.2, 0.25) is 0 Å². The fourth-order valence-corrected chi connectivity index (χ4v) is 2.59. The fraction of sp³-hybridized carbons (Fsp3) is 0.200. The Morgan fingerprint density at radius 3 is 2.63 bits per heavy atom. The molecule has 0 aliphatic heterocycles. The molecule has 0 bridgehead atoms. The zero-order valence-electron chi connectivity index (χ0n) is 10.8. The molecule has 1 aromatic carbocycles. The van der Waals surface area contributed by atoms with Crippen molar-refractivity contribution < 1.29 is 14.3 Å². The molecule has 0 radical (unpaired) electrons. The molecule has 4 heteroatoms. The van der Waals surface area contributed by atoms with Crippen molar-refractivity contribution in [2.24, 2.45) is 0 Å². The Labute approximate surface area is 115 Å². The van der Waals surface area contributed by atoms with Crippen molar-refractivity contribution in [3.63, 3.8) is 0 Å². The highest BCUT2D eigenvalue weighted by Gasteiger charge is 2.13. The summed E-state index contributed by atoms with van der Waals surface area (Å²) in [6.07, 6.45) is 0.399. The Balaban J connectivity index is 2.21. The van der Waals surface area contributed by atoms with Crippen LogP contribution in [0.5, 0.6) is 0 Å². The molecule has 2 rings (SSSR count). The van der Waals surface area contributed by atoms with Gasteiger partial charge in [0.05, 0.1) is 12.7 Å². The zero-order chi connectivity index (χ0) is 13.8. The number of hydrogen-bond donors (Lipinski definition) is 0. The van der Waals surface area contributed by atoms with Crippen LogP contribution in [0.3, 0.4) is 0 Å². The minimum atomic E-state index is -0.389. The number of Topliss-reactive ketones (excluding diaryl/α,β-unsaturated/α-hetero) is 1. The van der Waals surface area contributed by atoms with Gasteiger partial charge in [0.2, 0.25) is 0 Å². The molecule has 3 nitrogen and oxygen atoms in total. The summed E-state index contributed by atoms with van der Waals surface area (Å²) in [5, 5.41) is 1.95. The molecular weight excluding hydrogens is 260 g/mol. The van der Waals surface area contributed by atoms with Crippen molar-refractivity contribution in [3.8, 4) is 0 Å². The van der Waals surface area contributed by atoms with Gasteiger partial charge in [-0.25, -0.2) is 4.79 Å². The highest BCUT2D eigenvalue weighted by molar-refractivity contribution is 7.10. The summed E-state index contributed by atoms with van der Waals surface area (Å²) in [5.74, 6) is -0.322. The first-order valence-corrected chi connectivity index (χ1v) is 6.74. The van der Waals surface area contributed by atoms with Crippen molar-refractivity contribution in [3.05, 3.63) is 57.3 Å². The standard InChI is InChI=1S/C15H14O3S/c1-10-8-11(15(17)18-2)5-6-13(10)14(16)9-12-4-3-7-19-12/h3-8H,9H2,1-2H3. The number of hydrogen-bond acceptors (Lipinski definition) is 4. The van der Waals surface area contributed by atoms with E-state index in [9.17, 15) is 9.59 Å². The van der Waals surface area contributed by atoms with Gasteiger partial charge >= 0.3 is 5.97 Å². The van der Waals surface area contributed by atoms with Crippen LogP contribution in [0, 0.1) is 6.92 Å². The third kappa shape index (κ3) is 3.09. The van der Waals surface area contributed by atoms with Crippen LogP contribution in [0.1, 0.15) is 31.2 Å². The molecule has 0 unspecified atom stereocenters. The highest BCUT2D eigenvalue weighted by atomic mass is 32.1. The van der Waals surface area contributed by atoms with Gasteiger partial charge < -0.3 is 4.74 Å². The smallest absolute Gasteiger partial charge is 0.337 e. The van der Waals surface area contributed by atoms with Crippen molar-refractivity contribution in [2.75, 3.05) is 7.11 Å². The van der Waals surface area contributed by atoms with Crippen molar-refractivity contribution >= 4 is 23.1 Å². The predicted molar refractivity (Wildman–Crippen MR) is 74.9 cm³/mol. The maximum absolute atomic E-state index is 12.2. The monoisotopic (exact) mass is 274 g/mol. The van der Waals surface area contributed by atoms with Crippen LogP contribution < -0.4 is 0 Å². The summed E-state index contributed by atoms with van der Waals surface area (Å²) in [7, 11) is 1.34. The highest BCUT2D eigenvalue weighted by Crippen LogP contribution is 2.17. The van der Waals surface area contributed by atoms with Gasteiger partial charge in [0, 0.05) is 16.9 Å². The minimum Gasteiger partial charge on any atom is -0.465 e. The molecule has 0 saturated carbocycles. The van der Waals surface area contributed by atoms with Crippen molar-refractivity contribution in [2.45, 2.75) is 13.3 Å². The van der Waals surface area contributed by atoms with Crippen LogP contribution in [-0.4, -0.2) is 18.9 Å². The van der Waals surface area contributed by atoms with Crippen LogP contribution in [0.4, 0.5) is 0 Å². The Morgan fingerprint density at radius 2 is 2.05 bits per heavy atom. The van der Waals surface area contributed by atoms with E-state index in [-0.39, 0.29) is 11.8 Å². The Bertz CT molecular complexity index is 600. The van der Waals surface area contributed by atoms with Gasteiger partial charge in [-0.1, -0.05) is 12.1 Å². The van der Waals surface area contributed by atoms with E-state index < -0.39 is 0 Å². The first kappa shape index (κ1) is 13.5. The van der Waals surface area contributed by atoms with Gasteiger partial charge in [-0.2, -0.15) is 0 Å². The Hall–Kier alpha value is -1.94. The number of methoxy groups -OCH3 is 1. The summed E-state index contributed by atoms with van der Waals surface area (Å²) < 4.78 is 4.65. The molecule has 0 spiro atoms. The zero-order valence-corrected chi connectivity index (χ0v) is 11.6. The van der Waals surface area contributed by atoms with Gasteiger partial charge in [0.1, 0.15) is 0 Å². The van der Waals surface area contributed by atoms with Gasteiger partial charge in [-0.05, 0) is 36.1 Å². The molecule has 2 aromatic rings. The van der Waals surface area contributed by atoms with Gasteiger partial charge in [0.25, 0.3) is 0 Å². The molecule has 0 fully saturated rings. The third-order valence-corrected chi connectivity index (χ3v) is 3.74. The number of thiophene rings is 1. The molecule has 0 saturated heterocycles. The molecule has 0 N–H and O–H groups in total. The minimum absolute atomic E-state index is 0.0661. The van der Waals surface area contributed by atoms with Crippen molar-refractivity contribution in [1.82, 2.24) is 0 Å². The van der Waals surface area contributed by atoms with E-state index in [2.05, 4.69) is 4.74 Å². The number of aryl methyl sites for hydroxylation is 1. The average molecular weight is 274 g/mol. The lowest BCUT2D eigenvalue weighted by molar-refractivity contribution is 0.0600. The van der Waals surface area contributed by atoms with Crippen LogP contribution in [0.15, 0.2) is 35.7 Å². The molecule has 1 heterocycles. The Morgan fingerprint density at radius 1 is 1.26 bits per heavy atom. The normalized spacial score (nSPS) is 10.2. The second-order valence-corrected chi connectivity index (χ2v) is 5.23. The fourth-order valence-electron chi connectivity index (χ4n) is 1.89. The van der Waals surface area contributed by atoms with Gasteiger partial charge in [-0.15, -0.1) is 11.3 Å². The largest absolute Gasteiger partial charge is 0.465 e. The number of rotatable bonds is 4. The summed E-state index contributed by atoms with van der Waals surface area (Å²) in [4.78, 5) is 24.6. The van der Waals surface area contributed by atoms with E-state index in [1.807, 2.05) is 24.4 Å². The summed E-state index contributed by atoms with van der Waals surface area (Å²) >= 11 is 1.57. The van der Waals surface area contributed by atoms with E-state index in [4.69, 9.17) is 0 Å². The average Bonchev–Trinajstić information content (AvgIpc) is 2.90. The maximum Gasteiger partial charge on any atom is 0.337 e. The molecule has 98 valence electrons. The first-order valence-electron chi connectivity index (χ1n) is 5.86. The molecule has 0 aliphatic rings. The number of carbonyl (C=O) groups excluding carboxylic acids is 2. The van der Waals surface area contributed by atoms with Gasteiger partial charge in [-0.3, -0.25) is 4.79 Å². The van der Waals surface area contributed by atoms with Crippen molar-refractivity contribution in [1.29, 1.82) is 0 Å². The number of ketones is 1. The van der Waals surface area contributed by atoms with E-state index in [0.717, 1.165) is 10.4 Å². The molecular formula is C15H14O3S. The van der Waals surface area contributed by atoms with Crippen LogP contribution in [0.25, 0.3) is 0 Å². The molecule has 19 heavy (non-hydrogen) atoms. The lowest BCUT2D eigenvalue weighted by atomic mass is 9.99. The topological polar surface area (TPSA) is 43.4 Å². The lowest BCUT2D eigenvalue weighted by Crippen LogP contribution is -2.07. The lowest BCUT2D eigenvalue weighted by Gasteiger charge is -2.06. The Kier molecular flexibility index (Phi) is 4.12. The molecule has 0 amide bonds. The summed E-state index contributed by atoms with van der Waals surface area (Å²) in [6.45, 7) is 1.83. The maximum atomic E-state index is 12.2. The number of benzene rings is 1. The van der Waals surface area contributed by atoms with Crippen LogP contribution >= 0.6 is 11.3 Å². The predicted octanol–water partition coefficient (Wildman–Crippen LogP) is 3.27.